The number of hydrogen-bond donors (Lipinski definition) is 1. The van der Waals surface area contributed by atoms with Crippen molar-refractivity contribution in [2.24, 2.45) is 0 Å². The van der Waals surface area contributed by atoms with Crippen molar-refractivity contribution in [2.75, 3.05) is 11.9 Å². The van der Waals surface area contributed by atoms with Crippen LogP contribution in [-0.4, -0.2) is 17.4 Å². The second-order valence-electron chi connectivity index (χ2n) is 4.22. The molecule has 0 aliphatic carbocycles. The van der Waals surface area contributed by atoms with Crippen LogP contribution in [0, 0.1) is 10.1 Å². The summed E-state index contributed by atoms with van der Waals surface area (Å²) in [5.74, 6) is 0.403. The lowest BCUT2D eigenvalue weighted by molar-refractivity contribution is -0.384. The zero-order valence-electron chi connectivity index (χ0n) is 11.4. The SMILES string of the molecule is CCOc1ccc(NC(=O)c2ccc([N+](=O)[O-])cc2)cc1. The van der Waals surface area contributed by atoms with Crippen LogP contribution in [-0.2, 0) is 0 Å². The highest BCUT2D eigenvalue weighted by molar-refractivity contribution is 6.04. The number of nitro benzene ring substituents is 1. The van der Waals surface area contributed by atoms with Gasteiger partial charge in [-0.3, -0.25) is 14.9 Å². The summed E-state index contributed by atoms with van der Waals surface area (Å²) in [5.41, 5.74) is 0.934. The molecule has 2 aromatic carbocycles. The zero-order valence-corrected chi connectivity index (χ0v) is 11.4. The van der Waals surface area contributed by atoms with Crippen molar-refractivity contribution >= 4 is 17.3 Å². The molecule has 0 spiro atoms. The number of nitrogens with one attached hydrogen (secondary N) is 1. The summed E-state index contributed by atoms with van der Waals surface area (Å²) in [7, 11) is 0. The minimum absolute atomic E-state index is 0.0485. The number of benzene rings is 2. The zero-order chi connectivity index (χ0) is 15.2. The fourth-order valence-electron chi connectivity index (χ4n) is 1.74. The second-order valence-corrected chi connectivity index (χ2v) is 4.22. The molecule has 2 aromatic rings. The molecule has 0 bridgehead atoms. The maximum absolute atomic E-state index is 12.0. The van der Waals surface area contributed by atoms with E-state index in [1.54, 1.807) is 24.3 Å². The number of rotatable bonds is 5. The van der Waals surface area contributed by atoms with Crippen molar-refractivity contribution in [1.29, 1.82) is 0 Å². The van der Waals surface area contributed by atoms with Gasteiger partial charge in [0.2, 0.25) is 0 Å². The summed E-state index contributed by atoms with van der Waals surface area (Å²) >= 11 is 0. The van der Waals surface area contributed by atoms with E-state index >= 15 is 0 Å². The molecule has 6 nitrogen and oxygen atoms in total. The Morgan fingerprint density at radius 2 is 1.76 bits per heavy atom. The highest BCUT2D eigenvalue weighted by atomic mass is 16.6. The first-order valence-electron chi connectivity index (χ1n) is 6.39. The molecule has 21 heavy (non-hydrogen) atoms. The Hall–Kier alpha value is -2.89. The van der Waals surface area contributed by atoms with Gasteiger partial charge in [-0.1, -0.05) is 0 Å². The largest absolute Gasteiger partial charge is 0.494 e. The number of non-ortho nitro benzene ring substituents is 1. The predicted octanol–water partition coefficient (Wildman–Crippen LogP) is 3.25. The molecule has 1 amide bonds. The molecule has 0 saturated carbocycles. The number of ether oxygens (including phenoxy) is 1. The fraction of sp³-hybridized carbons (Fsp3) is 0.133. The molecular formula is C15H14N2O4. The first kappa shape index (κ1) is 14.5. The third-order valence-corrected chi connectivity index (χ3v) is 2.76. The molecule has 2 rings (SSSR count). The number of amides is 1. The van der Waals surface area contributed by atoms with E-state index < -0.39 is 4.92 Å². The standard InChI is InChI=1S/C15H14N2O4/c1-2-21-14-9-5-12(6-10-14)16-15(18)11-3-7-13(8-4-11)17(19)20/h3-10H,2H2,1H3,(H,16,18). The molecule has 0 fully saturated rings. The molecule has 0 radical (unpaired) electrons. The van der Waals surface area contributed by atoms with Gasteiger partial charge in [0.15, 0.2) is 0 Å². The van der Waals surface area contributed by atoms with Crippen LogP contribution in [0.1, 0.15) is 17.3 Å². The number of hydrogen-bond acceptors (Lipinski definition) is 4. The van der Waals surface area contributed by atoms with Crippen molar-refractivity contribution in [1.82, 2.24) is 0 Å². The van der Waals surface area contributed by atoms with Crippen LogP contribution in [0.2, 0.25) is 0 Å². The molecule has 1 N–H and O–H groups in total. The van der Waals surface area contributed by atoms with Gasteiger partial charge in [-0.05, 0) is 43.3 Å². The van der Waals surface area contributed by atoms with Gasteiger partial charge in [-0.25, -0.2) is 0 Å². The summed E-state index contributed by atoms with van der Waals surface area (Å²) in [6.45, 7) is 2.47. The van der Waals surface area contributed by atoms with Crippen molar-refractivity contribution < 1.29 is 14.5 Å². The molecule has 0 aliphatic rings. The Morgan fingerprint density at radius 1 is 1.14 bits per heavy atom. The van der Waals surface area contributed by atoms with Crippen LogP contribution in [0.3, 0.4) is 0 Å². The van der Waals surface area contributed by atoms with E-state index in [4.69, 9.17) is 4.74 Å². The van der Waals surface area contributed by atoms with Crippen LogP contribution in [0.5, 0.6) is 5.75 Å². The van der Waals surface area contributed by atoms with Gasteiger partial charge in [-0.15, -0.1) is 0 Å². The van der Waals surface area contributed by atoms with Gasteiger partial charge in [-0.2, -0.15) is 0 Å². The highest BCUT2D eigenvalue weighted by Gasteiger charge is 2.09. The first-order chi connectivity index (χ1) is 10.1. The molecular weight excluding hydrogens is 272 g/mol. The van der Waals surface area contributed by atoms with E-state index in [0.717, 1.165) is 5.75 Å². The number of carbonyl (C=O) groups excluding carboxylic acids is 1. The van der Waals surface area contributed by atoms with Gasteiger partial charge in [0.05, 0.1) is 11.5 Å². The Balaban J connectivity index is 2.05. The van der Waals surface area contributed by atoms with Gasteiger partial charge < -0.3 is 10.1 Å². The lowest BCUT2D eigenvalue weighted by Crippen LogP contribution is -2.11. The number of anilines is 1. The second kappa shape index (κ2) is 6.51. The van der Waals surface area contributed by atoms with Crippen LogP contribution in [0.15, 0.2) is 48.5 Å². The van der Waals surface area contributed by atoms with Crippen molar-refractivity contribution in [2.45, 2.75) is 6.92 Å². The highest BCUT2D eigenvalue weighted by Crippen LogP contribution is 2.17. The number of nitrogens with zero attached hydrogens (tertiary/aromatic N) is 1. The fourth-order valence-corrected chi connectivity index (χ4v) is 1.74. The summed E-state index contributed by atoms with van der Waals surface area (Å²) < 4.78 is 5.31. The lowest BCUT2D eigenvalue weighted by Gasteiger charge is -2.07. The maximum atomic E-state index is 12.0. The van der Waals surface area contributed by atoms with Crippen LogP contribution < -0.4 is 10.1 Å². The van der Waals surface area contributed by atoms with Crippen LogP contribution in [0.4, 0.5) is 11.4 Å². The van der Waals surface area contributed by atoms with Crippen LogP contribution >= 0.6 is 0 Å². The quantitative estimate of drug-likeness (QED) is 0.675. The maximum Gasteiger partial charge on any atom is 0.269 e. The summed E-state index contributed by atoms with van der Waals surface area (Å²) in [6.07, 6.45) is 0. The minimum atomic E-state index is -0.506. The van der Waals surface area contributed by atoms with Gasteiger partial charge >= 0.3 is 0 Å². The Bertz CT molecular complexity index is 636. The number of carbonyl (C=O) groups is 1. The van der Waals surface area contributed by atoms with Gasteiger partial charge in [0.25, 0.3) is 11.6 Å². The molecule has 0 unspecified atom stereocenters. The van der Waals surface area contributed by atoms with E-state index in [9.17, 15) is 14.9 Å². The van der Waals surface area contributed by atoms with Crippen molar-refractivity contribution in [3.05, 3.63) is 64.2 Å². The van der Waals surface area contributed by atoms with E-state index in [-0.39, 0.29) is 11.6 Å². The lowest BCUT2D eigenvalue weighted by atomic mass is 10.2. The molecule has 0 heterocycles. The average Bonchev–Trinajstić information content (AvgIpc) is 2.49. The minimum Gasteiger partial charge on any atom is -0.494 e. The smallest absolute Gasteiger partial charge is 0.269 e. The van der Waals surface area contributed by atoms with Crippen LogP contribution in [0.25, 0.3) is 0 Å². The molecule has 0 atom stereocenters. The van der Waals surface area contributed by atoms with Gasteiger partial charge in [0, 0.05) is 23.4 Å². The molecule has 0 saturated heterocycles. The normalized spacial score (nSPS) is 9.95. The predicted molar refractivity (Wildman–Crippen MR) is 78.7 cm³/mol. The topological polar surface area (TPSA) is 81.5 Å². The molecule has 6 heteroatoms. The number of nitro groups is 1. The van der Waals surface area contributed by atoms with Gasteiger partial charge in [0.1, 0.15) is 5.75 Å². The van der Waals surface area contributed by atoms with Crippen molar-refractivity contribution in [3.8, 4) is 5.75 Å². The first-order valence-corrected chi connectivity index (χ1v) is 6.39. The Morgan fingerprint density at radius 3 is 2.29 bits per heavy atom. The van der Waals surface area contributed by atoms with E-state index in [0.29, 0.717) is 17.9 Å². The van der Waals surface area contributed by atoms with E-state index in [2.05, 4.69) is 5.32 Å². The monoisotopic (exact) mass is 286 g/mol. The van der Waals surface area contributed by atoms with E-state index in [1.807, 2.05) is 6.92 Å². The van der Waals surface area contributed by atoms with Crippen molar-refractivity contribution in [3.63, 3.8) is 0 Å². The average molecular weight is 286 g/mol. The summed E-state index contributed by atoms with van der Waals surface area (Å²) in [6, 6.07) is 12.4. The third kappa shape index (κ3) is 3.79. The molecule has 0 aromatic heterocycles. The van der Waals surface area contributed by atoms with E-state index in [1.165, 1.54) is 24.3 Å². The molecule has 108 valence electrons. The molecule has 0 aliphatic heterocycles. The summed E-state index contributed by atoms with van der Waals surface area (Å²) in [4.78, 5) is 22.0. The Kier molecular flexibility index (Phi) is 4.50. The third-order valence-electron chi connectivity index (χ3n) is 2.76. The Labute approximate surface area is 121 Å². The summed E-state index contributed by atoms with van der Waals surface area (Å²) in [5, 5.41) is 13.3.